The van der Waals surface area contributed by atoms with E-state index < -0.39 is 0 Å². The molecule has 0 fully saturated rings. The minimum absolute atomic E-state index is 0.180. The van der Waals surface area contributed by atoms with Gasteiger partial charge in [0.25, 0.3) is 0 Å². The molecule has 0 bridgehead atoms. The largest absolute Gasteiger partial charge is 0.320 e. The van der Waals surface area contributed by atoms with Crippen molar-refractivity contribution in [3.8, 4) is 0 Å². The smallest absolute Gasteiger partial charge is 0.0931 e. The molecule has 4 heteroatoms. The van der Waals surface area contributed by atoms with Crippen molar-refractivity contribution in [3.63, 3.8) is 0 Å². The lowest BCUT2D eigenvalue weighted by Gasteiger charge is -2.12. The first-order chi connectivity index (χ1) is 8.75. The molecule has 3 aromatic rings. The molecule has 3 rings (SSSR count). The Morgan fingerprint density at radius 3 is 2.72 bits per heavy atom. The van der Waals surface area contributed by atoms with E-state index in [1.807, 2.05) is 42.7 Å². The number of nitrogens with zero attached hydrogens (tertiary/aromatic N) is 1. The number of hydrogen-bond acceptors (Lipinski definition) is 3. The zero-order valence-electron chi connectivity index (χ0n) is 9.51. The van der Waals surface area contributed by atoms with E-state index in [-0.39, 0.29) is 6.04 Å². The van der Waals surface area contributed by atoms with E-state index in [0.29, 0.717) is 0 Å². The number of hydrogen-bond donors (Lipinski definition) is 1. The van der Waals surface area contributed by atoms with Gasteiger partial charge in [-0.05, 0) is 17.5 Å². The van der Waals surface area contributed by atoms with Crippen LogP contribution in [0.15, 0.2) is 48.8 Å². The molecule has 0 spiro atoms. The zero-order valence-corrected chi connectivity index (χ0v) is 11.1. The number of pyridine rings is 1. The number of benzene rings is 1. The lowest BCUT2D eigenvalue weighted by Crippen LogP contribution is -2.11. The van der Waals surface area contributed by atoms with Crippen LogP contribution >= 0.6 is 22.9 Å². The number of rotatable bonds is 2. The maximum absolute atomic E-state index is 6.31. The lowest BCUT2D eigenvalue weighted by atomic mass is 10.0. The Morgan fingerprint density at radius 1 is 1.11 bits per heavy atom. The third kappa shape index (κ3) is 2.01. The van der Waals surface area contributed by atoms with Crippen LogP contribution in [0.1, 0.15) is 16.5 Å². The van der Waals surface area contributed by atoms with Gasteiger partial charge in [-0.1, -0.05) is 35.9 Å². The van der Waals surface area contributed by atoms with Crippen molar-refractivity contribution in [2.24, 2.45) is 5.73 Å². The van der Waals surface area contributed by atoms with Crippen molar-refractivity contribution in [3.05, 3.63) is 63.6 Å². The van der Waals surface area contributed by atoms with Gasteiger partial charge in [-0.2, -0.15) is 0 Å². The van der Waals surface area contributed by atoms with Crippen LogP contribution in [-0.2, 0) is 0 Å². The summed E-state index contributed by atoms with van der Waals surface area (Å²) < 4.78 is 0.758. The standard InChI is InChI=1S/C14H11ClN2S/c15-13-6-5-12(18-13)14(16)11-8-17-7-9-3-1-2-4-10(9)11/h1-8,14H,16H2. The van der Waals surface area contributed by atoms with Gasteiger partial charge < -0.3 is 5.73 Å². The van der Waals surface area contributed by atoms with Gasteiger partial charge in [-0.3, -0.25) is 4.98 Å². The zero-order chi connectivity index (χ0) is 12.5. The predicted octanol–water partition coefficient (Wildman–Crippen LogP) is 4.00. The Kier molecular flexibility index (Phi) is 3.04. The van der Waals surface area contributed by atoms with Crippen LogP contribution in [0.4, 0.5) is 0 Å². The van der Waals surface area contributed by atoms with E-state index in [4.69, 9.17) is 17.3 Å². The van der Waals surface area contributed by atoms with E-state index in [1.165, 1.54) is 11.3 Å². The molecule has 0 amide bonds. The van der Waals surface area contributed by atoms with Crippen LogP contribution in [0.3, 0.4) is 0 Å². The second-order valence-corrected chi connectivity index (χ2v) is 5.82. The van der Waals surface area contributed by atoms with Gasteiger partial charge in [0.05, 0.1) is 10.4 Å². The van der Waals surface area contributed by atoms with Gasteiger partial charge in [0, 0.05) is 28.2 Å². The second-order valence-electron chi connectivity index (χ2n) is 4.07. The number of aromatic nitrogens is 1. The lowest BCUT2D eigenvalue weighted by molar-refractivity contribution is 0.895. The second kappa shape index (κ2) is 4.69. The minimum Gasteiger partial charge on any atom is -0.320 e. The van der Waals surface area contributed by atoms with Gasteiger partial charge in [0.2, 0.25) is 0 Å². The summed E-state index contributed by atoms with van der Waals surface area (Å²) in [5.41, 5.74) is 7.34. The molecule has 0 saturated carbocycles. The summed E-state index contributed by atoms with van der Waals surface area (Å²) in [6, 6.07) is 11.8. The molecule has 0 radical (unpaired) electrons. The summed E-state index contributed by atoms with van der Waals surface area (Å²) in [5.74, 6) is 0. The normalized spacial score (nSPS) is 12.8. The van der Waals surface area contributed by atoms with Crippen LogP contribution in [0.5, 0.6) is 0 Å². The average Bonchev–Trinajstić information content (AvgIpc) is 2.84. The third-order valence-electron chi connectivity index (χ3n) is 2.93. The molecule has 1 aromatic carbocycles. The SMILES string of the molecule is NC(c1ccc(Cl)s1)c1cncc2ccccc12. The molecule has 0 aliphatic rings. The highest BCUT2D eigenvalue weighted by molar-refractivity contribution is 7.16. The quantitative estimate of drug-likeness (QED) is 0.767. The monoisotopic (exact) mass is 274 g/mol. The van der Waals surface area contributed by atoms with E-state index in [2.05, 4.69) is 11.1 Å². The number of nitrogens with two attached hydrogens (primary N) is 1. The van der Waals surface area contributed by atoms with Crippen molar-refractivity contribution in [1.29, 1.82) is 0 Å². The highest BCUT2D eigenvalue weighted by atomic mass is 35.5. The summed E-state index contributed by atoms with van der Waals surface area (Å²) in [5, 5.41) is 2.25. The van der Waals surface area contributed by atoms with Gasteiger partial charge in [0.1, 0.15) is 0 Å². The van der Waals surface area contributed by atoms with Crippen LogP contribution in [-0.4, -0.2) is 4.98 Å². The fourth-order valence-corrected chi connectivity index (χ4v) is 3.12. The Balaban J connectivity index is 2.14. The molecular formula is C14H11ClN2S. The van der Waals surface area contributed by atoms with Gasteiger partial charge in [-0.15, -0.1) is 11.3 Å². The summed E-state index contributed by atoms with van der Waals surface area (Å²) in [7, 11) is 0. The number of fused-ring (bicyclic) bond motifs is 1. The summed E-state index contributed by atoms with van der Waals surface area (Å²) in [4.78, 5) is 5.31. The van der Waals surface area contributed by atoms with Gasteiger partial charge >= 0.3 is 0 Å². The van der Waals surface area contributed by atoms with Crippen molar-refractivity contribution in [2.45, 2.75) is 6.04 Å². The molecule has 18 heavy (non-hydrogen) atoms. The molecule has 0 aliphatic heterocycles. The topological polar surface area (TPSA) is 38.9 Å². The van der Waals surface area contributed by atoms with Crippen LogP contribution in [0.25, 0.3) is 10.8 Å². The molecule has 1 atom stereocenters. The molecule has 0 saturated heterocycles. The molecule has 2 aromatic heterocycles. The summed E-state index contributed by atoms with van der Waals surface area (Å²) in [6.45, 7) is 0. The van der Waals surface area contributed by atoms with Crippen molar-refractivity contribution in [1.82, 2.24) is 4.98 Å². The summed E-state index contributed by atoms with van der Waals surface area (Å²) in [6.07, 6.45) is 3.69. The van der Waals surface area contributed by atoms with Crippen LogP contribution < -0.4 is 5.73 Å². The fraction of sp³-hybridized carbons (Fsp3) is 0.0714. The van der Waals surface area contributed by atoms with Crippen LogP contribution in [0.2, 0.25) is 4.34 Å². The van der Waals surface area contributed by atoms with E-state index in [1.54, 1.807) is 0 Å². The van der Waals surface area contributed by atoms with Gasteiger partial charge in [0.15, 0.2) is 0 Å². The predicted molar refractivity (Wildman–Crippen MR) is 77.1 cm³/mol. The Labute approximate surface area is 114 Å². The van der Waals surface area contributed by atoms with Crippen molar-refractivity contribution >= 4 is 33.7 Å². The van der Waals surface area contributed by atoms with E-state index >= 15 is 0 Å². The minimum atomic E-state index is -0.180. The maximum atomic E-state index is 6.31. The highest BCUT2D eigenvalue weighted by Gasteiger charge is 2.14. The Morgan fingerprint density at radius 2 is 1.94 bits per heavy atom. The summed E-state index contributed by atoms with van der Waals surface area (Å²) >= 11 is 7.47. The average molecular weight is 275 g/mol. The Hall–Kier alpha value is -1.42. The van der Waals surface area contributed by atoms with Crippen molar-refractivity contribution in [2.75, 3.05) is 0 Å². The maximum Gasteiger partial charge on any atom is 0.0931 e. The van der Waals surface area contributed by atoms with Gasteiger partial charge in [-0.25, -0.2) is 0 Å². The first-order valence-electron chi connectivity index (χ1n) is 5.59. The first kappa shape index (κ1) is 11.7. The highest BCUT2D eigenvalue weighted by Crippen LogP contribution is 2.32. The van der Waals surface area contributed by atoms with Crippen LogP contribution in [0, 0.1) is 0 Å². The van der Waals surface area contributed by atoms with E-state index in [9.17, 15) is 0 Å². The van der Waals surface area contributed by atoms with E-state index in [0.717, 1.165) is 25.5 Å². The molecule has 1 unspecified atom stereocenters. The fourth-order valence-electron chi connectivity index (χ4n) is 2.04. The first-order valence-corrected chi connectivity index (χ1v) is 6.78. The molecular weight excluding hydrogens is 264 g/mol. The molecule has 2 N–H and O–H groups in total. The number of halogens is 1. The Bertz CT molecular complexity index is 688. The molecule has 90 valence electrons. The third-order valence-corrected chi connectivity index (χ3v) is 4.25. The number of thiophene rings is 1. The molecule has 2 nitrogen and oxygen atoms in total. The van der Waals surface area contributed by atoms with Crippen molar-refractivity contribution < 1.29 is 0 Å². The molecule has 2 heterocycles. The molecule has 0 aliphatic carbocycles.